The molecule has 5 nitrogen and oxygen atoms in total. The average molecular weight is 292 g/mol. The van der Waals surface area contributed by atoms with E-state index in [0.29, 0.717) is 25.6 Å². The van der Waals surface area contributed by atoms with Crippen molar-refractivity contribution in [2.45, 2.75) is 31.7 Å². The van der Waals surface area contributed by atoms with E-state index in [1.807, 2.05) is 24.3 Å². The maximum atomic E-state index is 12.0. The third-order valence-electron chi connectivity index (χ3n) is 3.86. The van der Waals surface area contributed by atoms with E-state index in [1.165, 1.54) is 0 Å². The van der Waals surface area contributed by atoms with Crippen molar-refractivity contribution in [3.05, 3.63) is 24.3 Å². The molecule has 1 fully saturated rings. The normalized spacial score (nSPS) is 21.2. The summed E-state index contributed by atoms with van der Waals surface area (Å²) in [5.74, 6) is 1.12. The fourth-order valence-corrected chi connectivity index (χ4v) is 2.65. The fraction of sp³-hybridized carbons (Fsp3) is 0.562. The molecule has 1 saturated carbocycles. The van der Waals surface area contributed by atoms with Crippen molar-refractivity contribution >= 4 is 11.6 Å². The number of anilines is 1. The highest BCUT2D eigenvalue weighted by Gasteiger charge is 2.25. The number of hydrogen-bond acceptors (Lipinski definition) is 4. The Kier molecular flexibility index (Phi) is 6.02. The summed E-state index contributed by atoms with van der Waals surface area (Å²) in [7, 11) is 1.64. The minimum Gasteiger partial charge on any atom is -0.491 e. The van der Waals surface area contributed by atoms with Gasteiger partial charge in [0.2, 0.25) is 5.91 Å². The van der Waals surface area contributed by atoms with E-state index in [1.54, 1.807) is 7.11 Å². The number of hydrogen-bond donors (Lipinski definition) is 2. The standard InChI is InChI=1S/C16H24N2O3/c1-20-9-10-21-14-7-5-13(6-8-14)18-16(19)11-12-3-2-4-15(12)17/h5-8,12,15H,2-4,9-11,17H2,1H3,(H,18,19)/t12-,15+/m0/s1. The maximum absolute atomic E-state index is 12.0. The topological polar surface area (TPSA) is 73.6 Å². The number of nitrogens with two attached hydrogens (primary N) is 1. The minimum absolute atomic E-state index is 0.0328. The Hall–Kier alpha value is -1.59. The van der Waals surface area contributed by atoms with E-state index in [0.717, 1.165) is 30.7 Å². The molecule has 3 N–H and O–H groups in total. The minimum atomic E-state index is 0.0328. The number of carbonyl (C=O) groups excluding carboxylic acids is 1. The molecule has 116 valence electrons. The van der Waals surface area contributed by atoms with Crippen LogP contribution < -0.4 is 15.8 Å². The predicted octanol–water partition coefficient (Wildman–Crippen LogP) is 2.17. The third-order valence-corrected chi connectivity index (χ3v) is 3.86. The van der Waals surface area contributed by atoms with Gasteiger partial charge in [0, 0.05) is 25.3 Å². The highest BCUT2D eigenvalue weighted by atomic mass is 16.5. The summed E-state index contributed by atoms with van der Waals surface area (Å²) in [4.78, 5) is 12.0. The van der Waals surface area contributed by atoms with Gasteiger partial charge in [-0.15, -0.1) is 0 Å². The molecule has 2 rings (SSSR count). The molecule has 2 atom stereocenters. The van der Waals surface area contributed by atoms with Gasteiger partial charge in [0.15, 0.2) is 0 Å². The number of carbonyl (C=O) groups is 1. The molecule has 5 heteroatoms. The Morgan fingerprint density at radius 1 is 1.29 bits per heavy atom. The lowest BCUT2D eigenvalue weighted by Gasteiger charge is -2.15. The second-order valence-electron chi connectivity index (χ2n) is 5.47. The SMILES string of the molecule is COCCOc1ccc(NC(=O)C[C@@H]2CCC[C@H]2N)cc1. The van der Waals surface area contributed by atoms with Gasteiger partial charge in [-0.25, -0.2) is 0 Å². The first kappa shape index (κ1) is 15.8. The Morgan fingerprint density at radius 2 is 2.05 bits per heavy atom. The van der Waals surface area contributed by atoms with Gasteiger partial charge in [0.05, 0.1) is 6.61 Å². The number of ether oxygens (including phenoxy) is 2. The number of methoxy groups -OCH3 is 1. The summed E-state index contributed by atoms with van der Waals surface area (Å²) in [5.41, 5.74) is 6.77. The lowest BCUT2D eigenvalue weighted by atomic mass is 10.00. The highest BCUT2D eigenvalue weighted by molar-refractivity contribution is 5.90. The van der Waals surface area contributed by atoms with Gasteiger partial charge in [-0.1, -0.05) is 6.42 Å². The molecule has 21 heavy (non-hydrogen) atoms. The van der Waals surface area contributed by atoms with Crippen LogP contribution in [0.25, 0.3) is 0 Å². The Labute approximate surface area is 125 Å². The van der Waals surface area contributed by atoms with Gasteiger partial charge >= 0.3 is 0 Å². The van der Waals surface area contributed by atoms with Crippen LogP contribution in [0.4, 0.5) is 5.69 Å². The number of amides is 1. The van der Waals surface area contributed by atoms with E-state index >= 15 is 0 Å². The molecule has 0 heterocycles. The highest BCUT2D eigenvalue weighted by Crippen LogP contribution is 2.27. The van der Waals surface area contributed by atoms with E-state index in [-0.39, 0.29) is 11.9 Å². The van der Waals surface area contributed by atoms with Crippen molar-refractivity contribution in [2.24, 2.45) is 11.7 Å². The molecule has 0 unspecified atom stereocenters. The van der Waals surface area contributed by atoms with Crippen LogP contribution in [0.1, 0.15) is 25.7 Å². The van der Waals surface area contributed by atoms with Crippen molar-refractivity contribution in [2.75, 3.05) is 25.6 Å². The van der Waals surface area contributed by atoms with Gasteiger partial charge in [-0.2, -0.15) is 0 Å². The lowest BCUT2D eigenvalue weighted by Crippen LogP contribution is -2.28. The first-order chi connectivity index (χ1) is 10.2. The number of rotatable bonds is 7. The van der Waals surface area contributed by atoms with Crippen LogP contribution in [0.3, 0.4) is 0 Å². The van der Waals surface area contributed by atoms with Gasteiger partial charge in [0.1, 0.15) is 12.4 Å². The molecular formula is C16H24N2O3. The Balaban J connectivity index is 1.78. The summed E-state index contributed by atoms with van der Waals surface area (Å²) in [6.07, 6.45) is 3.73. The molecule has 1 amide bonds. The molecular weight excluding hydrogens is 268 g/mol. The molecule has 0 aromatic heterocycles. The van der Waals surface area contributed by atoms with Crippen molar-refractivity contribution in [3.63, 3.8) is 0 Å². The molecule has 1 aliphatic carbocycles. The van der Waals surface area contributed by atoms with Crippen LogP contribution in [-0.2, 0) is 9.53 Å². The molecule has 0 radical (unpaired) electrons. The molecule has 0 spiro atoms. The molecule has 0 saturated heterocycles. The van der Waals surface area contributed by atoms with E-state index in [9.17, 15) is 4.79 Å². The molecule has 1 aliphatic rings. The van der Waals surface area contributed by atoms with Crippen LogP contribution in [0.5, 0.6) is 5.75 Å². The maximum Gasteiger partial charge on any atom is 0.224 e. The smallest absolute Gasteiger partial charge is 0.224 e. The van der Waals surface area contributed by atoms with Gasteiger partial charge in [-0.3, -0.25) is 4.79 Å². The van der Waals surface area contributed by atoms with E-state index in [4.69, 9.17) is 15.2 Å². The zero-order valence-corrected chi connectivity index (χ0v) is 12.5. The first-order valence-corrected chi connectivity index (χ1v) is 7.46. The van der Waals surface area contributed by atoms with Crippen LogP contribution in [0.2, 0.25) is 0 Å². The average Bonchev–Trinajstić information content (AvgIpc) is 2.86. The Morgan fingerprint density at radius 3 is 2.67 bits per heavy atom. The van der Waals surface area contributed by atoms with Crippen LogP contribution in [0.15, 0.2) is 24.3 Å². The zero-order valence-electron chi connectivity index (χ0n) is 12.5. The molecule has 0 bridgehead atoms. The van der Waals surface area contributed by atoms with Crippen LogP contribution >= 0.6 is 0 Å². The summed E-state index contributed by atoms with van der Waals surface area (Å²) < 4.78 is 10.4. The summed E-state index contributed by atoms with van der Waals surface area (Å²) >= 11 is 0. The predicted molar refractivity (Wildman–Crippen MR) is 82.4 cm³/mol. The van der Waals surface area contributed by atoms with Crippen molar-refractivity contribution in [1.82, 2.24) is 0 Å². The van der Waals surface area contributed by atoms with Crippen molar-refractivity contribution in [1.29, 1.82) is 0 Å². The van der Waals surface area contributed by atoms with Crippen molar-refractivity contribution in [3.8, 4) is 5.75 Å². The summed E-state index contributed by atoms with van der Waals surface area (Å²) in [6.45, 7) is 1.07. The summed E-state index contributed by atoms with van der Waals surface area (Å²) in [6, 6.07) is 7.54. The van der Waals surface area contributed by atoms with Crippen molar-refractivity contribution < 1.29 is 14.3 Å². The molecule has 0 aliphatic heterocycles. The summed E-state index contributed by atoms with van der Waals surface area (Å²) in [5, 5.41) is 2.91. The molecule has 1 aromatic carbocycles. The number of nitrogens with one attached hydrogen (secondary N) is 1. The van der Waals surface area contributed by atoms with Gasteiger partial charge < -0.3 is 20.5 Å². The second-order valence-corrected chi connectivity index (χ2v) is 5.47. The van der Waals surface area contributed by atoms with Gasteiger partial charge in [-0.05, 0) is 43.0 Å². The quantitative estimate of drug-likeness (QED) is 0.755. The lowest BCUT2D eigenvalue weighted by molar-refractivity contribution is -0.117. The molecule has 1 aromatic rings. The largest absolute Gasteiger partial charge is 0.491 e. The first-order valence-electron chi connectivity index (χ1n) is 7.46. The zero-order chi connectivity index (χ0) is 15.1. The second kappa shape index (κ2) is 8.00. The van der Waals surface area contributed by atoms with Gasteiger partial charge in [0.25, 0.3) is 0 Å². The Bertz CT molecular complexity index is 447. The monoisotopic (exact) mass is 292 g/mol. The van der Waals surface area contributed by atoms with E-state index in [2.05, 4.69) is 5.32 Å². The van der Waals surface area contributed by atoms with E-state index < -0.39 is 0 Å². The fourth-order valence-electron chi connectivity index (χ4n) is 2.65. The number of benzene rings is 1. The van der Waals surface area contributed by atoms with Crippen LogP contribution in [0, 0.1) is 5.92 Å². The van der Waals surface area contributed by atoms with Crippen LogP contribution in [-0.4, -0.2) is 32.3 Å². The third kappa shape index (κ3) is 5.02.